The Bertz CT molecular complexity index is 578. The number of rotatable bonds is 4. The van der Waals surface area contributed by atoms with Gasteiger partial charge in [0.2, 0.25) is 0 Å². The van der Waals surface area contributed by atoms with Crippen LogP contribution in [0.1, 0.15) is 25.8 Å². The maximum atomic E-state index is 11.1. The highest BCUT2D eigenvalue weighted by Gasteiger charge is 2.10. The summed E-state index contributed by atoms with van der Waals surface area (Å²) >= 11 is 1.60. The molecule has 1 heterocycles. The van der Waals surface area contributed by atoms with Gasteiger partial charge >= 0.3 is 5.97 Å². The molecule has 0 aliphatic carbocycles. The molecular formula is C13H14N2O2S. The lowest BCUT2D eigenvalue weighted by molar-refractivity contribution is 0.0698. The summed E-state index contributed by atoms with van der Waals surface area (Å²) in [6.07, 6.45) is 1.82. The van der Waals surface area contributed by atoms with Crippen LogP contribution >= 0.6 is 11.3 Å². The molecule has 0 saturated heterocycles. The van der Waals surface area contributed by atoms with E-state index in [-0.39, 0.29) is 5.56 Å². The largest absolute Gasteiger partial charge is 0.478 e. The first kappa shape index (κ1) is 12.6. The van der Waals surface area contributed by atoms with E-state index in [1.807, 2.05) is 26.1 Å². The smallest absolute Gasteiger partial charge is 0.337 e. The van der Waals surface area contributed by atoms with Crippen molar-refractivity contribution < 1.29 is 9.90 Å². The number of carboxylic acids is 1. The highest BCUT2D eigenvalue weighted by molar-refractivity contribution is 7.11. The number of hydrogen-bond donors (Lipinski definition) is 2. The van der Waals surface area contributed by atoms with Gasteiger partial charge in [-0.2, -0.15) is 0 Å². The van der Waals surface area contributed by atoms with Crippen molar-refractivity contribution in [1.29, 1.82) is 0 Å². The number of anilines is 1. The van der Waals surface area contributed by atoms with E-state index in [0.29, 0.717) is 12.2 Å². The summed E-state index contributed by atoms with van der Waals surface area (Å²) in [6, 6.07) is 5.25. The van der Waals surface area contributed by atoms with E-state index >= 15 is 0 Å². The maximum Gasteiger partial charge on any atom is 0.337 e. The number of thiazole rings is 1. The lowest BCUT2D eigenvalue weighted by Gasteiger charge is -2.09. The molecule has 4 nitrogen and oxygen atoms in total. The lowest BCUT2D eigenvalue weighted by atomic mass is 10.1. The average Bonchev–Trinajstić information content (AvgIpc) is 2.72. The quantitative estimate of drug-likeness (QED) is 0.889. The van der Waals surface area contributed by atoms with Crippen LogP contribution in [-0.4, -0.2) is 16.1 Å². The van der Waals surface area contributed by atoms with Crippen LogP contribution in [0.25, 0.3) is 0 Å². The van der Waals surface area contributed by atoms with E-state index in [1.54, 1.807) is 23.5 Å². The zero-order valence-corrected chi connectivity index (χ0v) is 11.0. The standard InChI is InChI=1S/C13H14N2O2S/c1-8-3-4-10(13(16)17)11(5-8)14-7-12-15-6-9(2)18-12/h3-6,14H,7H2,1-2H3,(H,16,17). The molecule has 0 atom stereocenters. The summed E-state index contributed by atoms with van der Waals surface area (Å²) in [5.74, 6) is -0.923. The normalized spacial score (nSPS) is 10.3. The van der Waals surface area contributed by atoms with Crippen molar-refractivity contribution >= 4 is 23.0 Å². The molecule has 0 saturated carbocycles. The monoisotopic (exact) mass is 262 g/mol. The van der Waals surface area contributed by atoms with E-state index in [1.165, 1.54) is 0 Å². The Balaban J connectivity index is 2.17. The molecule has 1 aromatic carbocycles. The fourth-order valence-corrected chi connectivity index (χ4v) is 2.37. The molecule has 0 amide bonds. The lowest BCUT2D eigenvalue weighted by Crippen LogP contribution is -2.06. The highest BCUT2D eigenvalue weighted by Crippen LogP contribution is 2.19. The Hall–Kier alpha value is -1.88. The Morgan fingerprint density at radius 1 is 1.44 bits per heavy atom. The average molecular weight is 262 g/mol. The van der Waals surface area contributed by atoms with E-state index in [0.717, 1.165) is 15.4 Å². The Morgan fingerprint density at radius 2 is 2.22 bits per heavy atom. The number of aryl methyl sites for hydroxylation is 2. The summed E-state index contributed by atoms with van der Waals surface area (Å²) in [5, 5.41) is 13.2. The molecule has 0 radical (unpaired) electrons. The van der Waals surface area contributed by atoms with E-state index in [9.17, 15) is 4.79 Å². The SMILES string of the molecule is Cc1ccc(C(=O)O)c(NCc2ncc(C)s2)c1. The number of nitrogens with zero attached hydrogens (tertiary/aromatic N) is 1. The first-order valence-corrected chi connectivity index (χ1v) is 6.37. The number of aromatic nitrogens is 1. The van der Waals surface area contributed by atoms with Crippen molar-refractivity contribution in [2.75, 3.05) is 5.32 Å². The van der Waals surface area contributed by atoms with Gasteiger partial charge in [-0.3, -0.25) is 0 Å². The summed E-state index contributed by atoms with van der Waals surface area (Å²) in [6.45, 7) is 4.48. The molecule has 5 heteroatoms. The zero-order valence-electron chi connectivity index (χ0n) is 10.2. The number of nitrogens with one attached hydrogen (secondary N) is 1. The van der Waals surface area contributed by atoms with Gasteiger partial charge in [0.15, 0.2) is 0 Å². The second-order valence-corrected chi connectivity index (χ2v) is 5.39. The third-order valence-corrected chi connectivity index (χ3v) is 3.42. The predicted octanol–water partition coefficient (Wildman–Crippen LogP) is 3.07. The highest BCUT2D eigenvalue weighted by atomic mass is 32.1. The van der Waals surface area contributed by atoms with Crippen LogP contribution in [-0.2, 0) is 6.54 Å². The minimum absolute atomic E-state index is 0.286. The van der Waals surface area contributed by atoms with Crippen LogP contribution < -0.4 is 5.32 Å². The maximum absolute atomic E-state index is 11.1. The molecule has 0 fully saturated rings. The molecule has 0 aliphatic heterocycles. The summed E-state index contributed by atoms with van der Waals surface area (Å²) in [4.78, 5) is 16.5. The molecule has 0 spiro atoms. The molecule has 18 heavy (non-hydrogen) atoms. The van der Waals surface area contributed by atoms with Crippen molar-refractivity contribution in [2.24, 2.45) is 0 Å². The van der Waals surface area contributed by atoms with Crippen LogP contribution in [0.2, 0.25) is 0 Å². The Morgan fingerprint density at radius 3 is 2.83 bits per heavy atom. The van der Waals surface area contributed by atoms with Gasteiger partial charge in [-0.05, 0) is 31.5 Å². The number of carbonyl (C=O) groups is 1. The first-order chi connectivity index (χ1) is 8.56. The number of aromatic carboxylic acids is 1. The molecule has 0 bridgehead atoms. The number of carboxylic acid groups (broad SMARTS) is 1. The van der Waals surface area contributed by atoms with Crippen molar-refractivity contribution in [1.82, 2.24) is 4.98 Å². The molecule has 94 valence electrons. The fraction of sp³-hybridized carbons (Fsp3) is 0.231. The molecule has 1 aromatic heterocycles. The predicted molar refractivity (Wildman–Crippen MR) is 72.3 cm³/mol. The van der Waals surface area contributed by atoms with Gasteiger partial charge in [-0.15, -0.1) is 11.3 Å². The first-order valence-electron chi connectivity index (χ1n) is 5.55. The molecule has 2 N–H and O–H groups in total. The van der Waals surface area contributed by atoms with E-state index in [4.69, 9.17) is 5.11 Å². The van der Waals surface area contributed by atoms with Crippen LogP contribution in [0, 0.1) is 13.8 Å². The second-order valence-electron chi connectivity index (χ2n) is 4.07. The van der Waals surface area contributed by atoms with Crippen LogP contribution in [0.5, 0.6) is 0 Å². The van der Waals surface area contributed by atoms with E-state index < -0.39 is 5.97 Å². The third kappa shape index (κ3) is 2.87. The molecule has 2 rings (SSSR count). The van der Waals surface area contributed by atoms with Gasteiger partial charge in [0.05, 0.1) is 12.1 Å². The number of benzene rings is 1. The molecular weight excluding hydrogens is 248 g/mol. The molecule has 2 aromatic rings. The van der Waals surface area contributed by atoms with Gasteiger partial charge in [0.25, 0.3) is 0 Å². The van der Waals surface area contributed by atoms with Crippen molar-refractivity contribution in [2.45, 2.75) is 20.4 Å². The van der Waals surface area contributed by atoms with Crippen LogP contribution in [0.15, 0.2) is 24.4 Å². The second kappa shape index (κ2) is 5.18. The van der Waals surface area contributed by atoms with Crippen molar-refractivity contribution in [3.05, 3.63) is 45.4 Å². The van der Waals surface area contributed by atoms with Crippen LogP contribution in [0.3, 0.4) is 0 Å². The van der Waals surface area contributed by atoms with Gasteiger partial charge in [-0.25, -0.2) is 9.78 Å². The Kier molecular flexibility index (Phi) is 3.62. The fourth-order valence-electron chi connectivity index (χ4n) is 1.64. The molecule has 0 aliphatic rings. The van der Waals surface area contributed by atoms with Crippen molar-refractivity contribution in [3.8, 4) is 0 Å². The minimum Gasteiger partial charge on any atom is -0.478 e. The van der Waals surface area contributed by atoms with Crippen molar-refractivity contribution in [3.63, 3.8) is 0 Å². The van der Waals surface area contributed by atoms with Gasteiger partial charge in [-0.1, -0.05) is 6.07 Å². The minimum atomic E-state index is -0.923. The summed E-state index contributed by atoms with van der Waals surface area (Å²) in [7, 11) is 0. The summed E-state index contributed by atoms with van der Waals surface area (Å²) in [5.41, 5.74) is 1.95. The molecule has 0 unspecified atom stereocenters. The number of hydrogen-bond acceptors (Lipinski definition) is 4. The topological polar surface area (TPSA) is 62.2 Å². The zero-order chi connectivity index (χ0) is 13.1. The van der Waals surface area contributed by atoms with E-state index in [2.05, 4.69) is 10.3 Å². The van der Waals surface area contributed by atoms with Gasteiger partial charge in [0, 0.05) is 16.8 Å². The van der Waals surface area contributed by atoms with Crippen LogP contribution in [0.4, 0.5) is 5.69 Å². The summed E-state index contributed by atoms with van der Waals surface area (Å²) < 4.78 is 0. The van der Waals surface area contributed by atoms with Gasteiger partial charge < -0.3 is 10.4 Å². The van der Waals surface area contributed by atoms with Gasteiger partial charge in [0.1, 0.15) is 5.01 Å². The third-order valence-electron chi connectivity index (χ3n) is 2.50. The Labute approximate surface area is 109 Å².